The third-order valence-corrected chi connectivity index (χ3v) is 4.33. The summed E-state index contributed by atoms with van der Waals surface area (Å²) in [6.07, 6.45) is 0. The summed E-state index contributed by atoms with van der Waals surface area (Å²) < 4.78 is 24.4. The van der Waals surface area contributed by atoms with Gasteiger partial charge in [-0.05, 0) is 6.55 Å². The van der Waals surface area contributed by atoms with Gasteiger partial charge in [0.1, 0.15) is 10.2 Å². The molecule has 7 heavy (non-hydrogen) atoms. The minimum Gasteiger partial charge on any atom is -0.409 e. The van der Waals surface area contributed by atoms with Crippen molar-refractivity contribution in [2.75, 3.05) is 7.11 Å². The van der Waals surface area contributed by atoms with Crippen LogP contribution in [0.25, 0.3) is 0 Å². The second-order valence-corrected chi connectivity index (χ2v) is 6.81. The van der Waals surface area contributed by atoms with Gasteiger partial charge in [0, 0.05) is 7.11 Å². The molecule has 0 fully saturated rings. The quantitative estimate of drug-likeness (QED) is 0.399. The van der Waals surface area contributed by atoms with E-state index < -0.39 is 18.3 Å². The van der Waals surface area contributed by atoms with Crippen LogP contribution >= 0.6 is 0 Å². The lowest BCUT2D eigenvalue weighted by molar-refractivity contribution is 0.437. The molecule has 1 atom stereocenters. The van der Waals surface area contributed by atoms with Gasteiger partial charge in [-0.15, -0.1) is 0 Å². The van der Waals surface area contributed by atoms with Gasteiger partial charge in [-0.2, -0.15) is 0 Å². The lowest BCUT2D eigenvalue weighted by atomic mass is 11.8. The zero-order valence-electron chi connectivity index (χ0n) is 4.25. The number of rotatable bonds is 2. The first kappa shape index (κ1) is 7.13. The molecule has 5 heteroatoms. The Morgan fingerprint density at radius 3 is 2.00 bits per heavy atom. The van der Waals surface area contributed by atoms with Gasteiger partial charge in [-0.1, -0.05) is 0 Å². The first-order chi connectivity index (χ1) is 3.18. The Labute approximate surface area is 45.6 Å². The molecular weight excluding hydrogens is 132 g/mol. The SMILES string of the molecule is CO[SiH](C)[SH](=O)=O. The Morgan fingerprint density at radius 1 is 1.57 bits per heavy atom. The number of thiol groups is 1. The molecule has 0 rings (SSSR count). The summed E-state index contributed by atoms with van der Waals surface area (Å²) in [5, 5.41) is 0. The third-order valence-electron chi connectivity index (χ3n) is 0.638. The van der Waals surface area contributed by atoms with Gasteiger partial charge in [0.05, 0.1) is 0 Å². The molecule has 0 N–H and O–H groups in total. The lowest BCUT2D eigenvalue weighted by Gasteiger charge is -1.92. The van der Waals surface area contributed by atoms with E-state index in [1.165, 1.54) is 7.11 Å². The molecule has 0 saturated carbocycles. The predicted molar refractivity (Wildman–Crippen MR) is 30.3 cm³/mol. The highest BCUT2D eigenvalue weighted by molar-refractivity contribution is 8.02. The van der Waals surface area contributed by atoms with Crippen LogP contribution < -0.4 is 0 Å². The Bertz CT molecular complexity index is 102. The van der Waals surface area contributed by atoms with Crippen LogP contribution in [-0.4, -0.2) is 23.7 Å². The van der Waals surface area contributed by atoms with Crippen molar-refractivity contribution in [2.24, 2.45) is 0 Å². The minimum absolute atomic E-state index is 1.42. The normalized spacial score (nSPS) is 14.7. The van der Waals surface area contributed by atoms with Gasteiger partial charge in [-0.3, -0.25) is 0 Å². The fraction of sp³-hybridized carbons (Fsp3) is 1.00. The van der Waals surface area contributed by atoms with Gasteiger partial charge in [-0.25, -0.2) is 8.42 Å². The maximum Gasteiger partial charge on any atom is 0.305 e. The minimum atomic E-state index is -2.25. The largest absolute Gasteiger partial charge is 0.409 e. The molecule has 0 saturated heterocycles. The molecular formula is C2H8O3SSi. The van der Waals surface area contributed by atoms with E-state index in [0.717, 1.165) is 0 Å². The molecule has 0 radical (unpaired) electrons. The standard InChI is InChI=1S/C2H8O3SSi/c1-5-7(2)6(3)4/h6-7H,1-2H3. The van der Waals surface area contributed by atoms with Crippen molar-refractivity contribution in [1.29, 1.82) is 0 Å². The molecule has 44 valence electrons. The van der Waals surface area contributed by atoms with Crippen molar-refractivity contribution in [1.82, 2.24) is 0 Å². The molecule has 0 bridgehead atoms. The zero-order valence-corrected chi connectivity index (χ0v) is 6.30. The van der Waals surface area contributed by atoms with E-state index in [9.17, 15) is 8.42 Å². The van der Waals surface area contributed by atoms with E-state index in [-0.39, 0.29) is 0 Å². The summed E-state index contributed by atoms with van der Waals surface area (Å²) in [5.41, 5.74) is 0. The molecule has 0 aliphatic carbocycles. The lowest BCUT2D eigenvalue weighted by Crippen LogP contribution is -2.11. The molecule has 0 spiro atoms. The van der Waals surface area contributed by atoms with Crippen molar-refractivity contribution >= 4 is 18.3 Å². The molecule has 1 unspecified atom stereocenters. The third kappa shape index (κ3) is 2.78. The van der Waals surface area contributed by atoms with Crippen LogP contribution in [0.5, 0.6) is 0 Å². The highest BCUT2D eigenvalue weighted by Crippen LogP contribution is 1.78. The first-order valence-electron chi connectivity index (χ1n) is 1.84. The molecule has 0 aliphatic heterocycles. The van der Waals surface area contributed by atoms with Crippen LogP contribution in [0.3, 0.4) is 0 Å². The maximum absolute atomic E-state index is 9.90. The topological polar surface area (TPSA) is 43.4 Å². The summed E-state index contributed by atoms with van der Waals surface area (Å²) in [5.74, 6) is 0. The molecule has 0 heterocycles. The fourth-order valence-corrected chi connectivity index (χ4v) is 0.775. The Hall–Kier alpha value is 0.127. The average Bonchev–Trinajstić information content (AvgIpc) is 1.65. The first-order valence-corrected chi connectivity index (χ1v) is 6.27. The van der Waals surface area contributed by atoms with Crippen LogP contribution in [0.1, 0.15) is 0 Å². The van der Waals surface area contributed by atoms with E-state index in [2.05, 4.69) is 4.43 Å². The summed E-state index contributed by atoms with van der Waals surface area (Å²) in [6.45, 7) is 1.62. The Balaban J connectivity index is 3.57. The van der Waals surface area contributed by atoms with Crippen LogP contribution in [-0.2, 0) is 14.6 Å². The molecule has 0 aromatic carbocycles. The molecule has 0 amide bonds. The van der Waals surface area contributed by atoms with Crippen molar-refractivity contribution in [3.8, 4) is 0 Å². The van der Waals surface area contributed by atoms with Gasteiger partial charge in [0.2, 0.25) is 0 Å². The summed E-state index contributed by atoms with van der Waals surface area (Å²) in [6, 6.07) is 0. The number of hydrogen-bond donors (Lipinski definition) is 1. The van der Waals surface area contributed by atoms with Gasteiger partial charge < -0.3 is 4.43 Å². The van der Waals surface area contributed by atoms with E-state index in [0.29, 0.717) is 0 Å². The van der Waals surface area contributed by atoms with E-state index in [4.69, 9.17) is 0 Å². The van der Waals surface area contributed by atoms with Crippen LogP contribution in [0.15, 0.2) is 0 Å². The summed E-state index contributed by atoms with van der Waals surface area (Å²) in [7, 11) is -2.63. The second-order valence-electron chi connectivity index (χ2n) is 1.12. The summed E-state index contributed by atoms with van der Waals surface area (Å²) in [4.78, 5) is 0. The van der Waals surface area contributed by atoms with Gasteiger partial charge >= 0.3 is 8.19 Å². The highest BCUT2D eigenvalue weighted by Gasteiger charge is 2.02. The Morgan fingerprint density at radius 2 is 2.00 bits per heavy atom. The molecule has 0 aromatic heterocycles. The van der Waals surface area contributed by atoms with Crippen molar-refractivity contribution in [3.05, 3.63) is 0 Å². The second kappa shape index (κ2) is 3.17. The predicted octanol–water partition coefficient (Wildman–Crippen LogP) is -0.905. The smallest absolute Gasteiger partial charge is 0.305 e. The molecule has 0 aliphatic rings. The number of hydrogen-bond acceptors (Lipinski definition) is 3. The average molecular weight is 140 g/mol. The highest BCUT2D eigenvalue weighted by atomic mass is 32.4. The van der Waals surface area contributed by atoms with Crippen molar-refractivity contribution < 1.29 is 12.8 Å². The van der Waals surface area contributed by atoms with Crippen molar-refractivity contribution in [2.45, 2.75) is 6.55 Å². The van der Waals surface area contributed by atoms with Crippen LogP contribution in [0.2, 0.25) is 6.55 Å². The Kier molecular flexibility index (Phi) is 3.23. The van der Waals surface area contributed by atoms with Crippen LogP contribution in [0, 0.1) is 0 Å². The van der Waals surface area contributed by atoms with Crippen LogP contribution in [0.4, 0.5) is 0 Å². The maximum atomic E-state index is 9.90. The fourth-order valence-electron chi connectivity index (χ4n) is 0.0861. The monoisotopic (exact) mass is 140 g/mol. The van der Waals surface area contributed by atoms with Gasteiger partial charge in [0.15, 0.2) is 0 Å². The zero-order chi connectivity index (χ0) is 5.86. The molecule has 3 nitrogen and oxygen atoms in total. The summed E-state index contributed by atoms with van der Waals surface area (Å²) >= 11 is 0. The van der Waals surface area contributed by atoms with E-state index in [1.807, 2.05) is 0 Å². The van der Waals surface area contributed by atoms with E-state index >= 15 is 0 Å². The van der Waals surface area contributed by atoms with Gasteiger partial charge in [0.25, 0.3) is 0 Å². The van der Waals surface area contributed by atoms with Crippen molar-refractivity contribution in [3.63, 3.8) is 0 Å². The van der Waals surface area contributed by atoms with E-state index in [1.54, 1.807) is 6.55 Å². The molecule has 0 aromatic rings.